The molecule has 0 fully saturated rings. The molecule has 1 aromatic heterocycles. The van der Waals surface area contributed by atoms with E-state index in [0.717, 1.165) is 28.4 Å². The van der Waals surface area contributed by atoms with Crippen LogP contribution >= 0.6 is 0 Å². The van der Waals surface area contributed by atoms with Crippen LogP contribution in [0.4, 0.5) is 13.2 Å². The molecule has 4 rings (SSSR count). The minimum Gasteiger partial charge on any atom is -0.435 e. The third-order valence-corrected chi connectivity index (χ3v) is 6.73. The largest absolute Gasteiger partial charge is 0.435 e. The summed E-state index contributed by atoms with van der Waals surface area (Å²) in [6, 6.07) is 10.4. The van der Waals surface area contributed by atoms with Gasteiger partial charge < -0.3 is 9.64 Å². The monoisotopic (exact) mass is 465 g/mol. The smallest absolute Gasteiger partial charge is 0.387 e. The van der Waals surface area contributed by atoms with Crippen molar-refractivity contribution >= 4 is 15.9 Å². The van der Waals surface area contributed by atoms with E-state index in [2.05, 4.69) is 9.84 Å². The van der Waals surface area contributed by atoms with E-state index in [1.54, 1.807) is 13.0 Å². The topological polar surface area (TPSA) is 81.5 Å². The molecule has 1 amide bonds. The second kappa shape index (κ2) is 8.30. The Kier molecular flexibility index (Phi) is 5.68. The first-order chi connectivity index (χ1) is 15.1. The van der Waals surface area contributed by atoms with Gasteiger partial charge in [-0.2, -0.15) is 26.4 Å². The summed E-state index contributed by atoms with van der Waals surface area (Å²) < 4.78 is 68.6. The van der Waals surface area contributed by atoms with Crippen LogP contribution in [0, 0.1) is 5.82 Å². The Balaban J connectivity index is 1.49. The summed E-state index contributed by atoms with van der Waals surface area (Å²) in [6.45, 7) is -1.04. The Hall–Kier alpha value is -3.34. The molecule has 2 heterocycles. The van der Waals surface area contributed by atoms with Crippen LogP contribution in [0.15, 0.2) is 59.6 Å². The number of amides is 1. The van der Waals surface area contributed by atoms with Crippen molar-refractivity contribution in [1.29, 1.82) is 0 Å². The lowest BCUT2D eigenvalue weighted by atomic mass is 10.00. The van der Waals surface area contributed by atoms with Crippen molar-refractivity contribution in [1.82, 2.24) is 14.1 Å². The predicted molar refractivity (Wildman–Crippen MR) is 107 cm³/mol. The van der Waals surface area contributed by atoms with Gasteiger partial charge in [-0.3, -0.25) is 4.79 Å². The number of hydrogen-bond acceptors (Lipinski definition) is 5. The summed E-state index contributed by atoms with van der Waals surface area (Å²) in [5.41, 5.74) is 1.56. The van der Waals surface area contributed by atoms with Gasteiger partial charge in [0, 0.05) is 18.3 Å². The highest BCUT2D eigenvalue weighted by molar-refractivity contribution is 7.89. The van der Waals surface area contributed by atoms with Crippen LogP contribution in [0.2, 0.25) is 0 Å². The Morgan fingerprint density at radius 1 is 1.12 bits per heavy atom. The van der Waals surface area contributed by atoms with Crippen molar-refractivity contribution in [2.24, 2.45) is 0 Å². The second-order valence-electron chi connectivity index (χ2n) is 7.30. The normalized spacial score (nSPS) is 14.5. The molecule has 7 nitrogen and oxygen atoms in total. The molecule has 0 saturated heterocycles. The lowest BCUT2D eigenvalue weighted by Gasteiger charge is -2.21. The van der Waals surface area contributed by atoms with Crippen molar-refractivity contribution in [3.05, 3.63) is 77.4 Å². The fourth-order valence-corrected chi connectivity index (χ4v) is 4.67. The average molecular weight is 465 g/mol. The number of benzene rings is 2. The van der Waals surface area contributed by atoms with E-state index in [9.17, 15) is 26.4 Å². The summed E-state index contributed by atoms with van der Waals surface area (Å²) in [4.78, 5) is 14.2. The maximum atomic E-state index is 13.5. The first-order valence-electron chi connectivity index (χ1n) is 9.57. The maximum Gasteiger partial charge on any atom is 0.387 e. The molecular formula is C21H18F3N3O4S. The molecule has 168 valence electrons. The van der Waals surface area contributed by atoms with E-state index in [1.165, 1.54) is 29.3 Å². The molecule has 0 N–H and O–H groups in total. The number of aromatic nitrogens is 2. The molecule has 11 heteroatoms. The van der Waals surface area contributed by atoms with E-state index in [-0.39, 0.29) is 29.6 Å². The SMILES string of the molecule is C[C@@H](C(=O)N1Cc2cn(S(=O)(=O)c3ccc(OC(F)F)cc3)nc2C1)c1cccc(F)c1. The number of carbonyl (C=O) groups is 1. The zero-order chi connectivity index (χ0) is 23.0. The van der Waals surface area contributed by atoms with Crippen LogP contribution in [-0.4, -0.2) is 35.0 Å². The fourth-order valence-electron chi connectivity index (χ4n) is 3.50. The van der Waals surface area contributed by atoms with Crippen LogP contribution in [0.25, 0.3) is 0 Å². The van der Waals surface area contributed by atoms with Crippen molar-refractivity contribution < 1.29 is 31.1 Å². The Morgan fingerprint density at radius 2 is 1.84 bits per heavy atom. The van der Waals surface area contributed by atoms with E-state index in [4.69, 9.17) is 0 Å². The van der Waals surface area contributed by atoms with Crippen molar-refractivity contribution in [3.8, 4) is 5.75 Å². The first kappa shape index (κ1) is 21.9. The minimum atomic E-state index is -4.05. The molecule has 1 aliphatic rings. The van der Waals surface area contributed by atoms with Gasteiger partial charge in [0.25, 0.3) is 10.0 Å². The molecule has 1 atom stereocenters. The van der Waals surface area contributed by atoms with Gasteiger partial charge in [0.1, 0.15) is 11.6 Å². The van der Waals surface area contributed by atoms with Crippen molar-refractivity contribution in [3.63, 3.8) is 0 Å². The van der Waals surface area contributed by atoms with Crippen LogP contribution in [-0.2, 0) is 27.9 Å². The van der Waals surface area contributed by atoms with Crippen LogP contribution in [0.3, 0.4) is 0 Å². The second-order valence-corrected chi connectivity index (χ2v) is 9.10. The fraction of sp³-hybridized carbons (Fsp3) is 0.238. The molecule has 2 aromatic carbocycles. The Bertz CT molecular complexity index is 1240. The highest BCUT2D eigenvalue weighted by atomic mass is 32.2. The number of ether oxygens (including phenoxy) is 1. The standard InChI is InChI=1S/C21H18F3N3O4S/c1-13(14-3-2-4-16(22)9-14)20(28)26-10-15-11-27(25-19(15)12-26)32(29,30)18-7-5-17(6-8-18)31-21(23)24/h2-9,11,13,21H,10,12H2,1H3/t13-/m1/s1. The van der Waals surface area contributed by atoms with Crippen molar-refractivity contribution in [2.75, 3.05) is 0 Å². The third kappa shape index (κ3) is 4.20. The van der Waals surface area contributed by atoms with E-state index < -0.39 is 28.4 Å². The van der Waals surface area contributed by atoms with E-state index in [1.807, 2.05) is 0 Å². The highest BCUT2D eigenvalue weighted by Crippen LogP contribution is 2.28. The molecule has 32 heavy (non-hydrogen) atoms. The number of hydrogen-bond donors (Lipinski definition) is 0. The molecule has 0 aliphatic carbocycles. The molecule has 1 aliphatic heterocycles. The van der Waals surface area contributed by atoms with Gasteiger partial charge >= 0.3 is 6.61 Å². The molecule has 0 unspecified atom stereocenters. The highest BCUT2D eigenvalue weighted by Gasteiger charge is 2.32. The summed E-state index contributed by atoms with van der Waals surface area (Å²) in [7, 11) is -4.05. The van der Waals surface area contributed by atoms with Crippen LogP contribution in [0.1, 0.15) is 29.7 Å². The molecular weight excluding hydrogens is 447 g/mol. The summed E-state index contributed by atoms with van der Waals surface area (Å²) in [5, 5.41) is 4.11. The molecule has 3 aromatic rings. The molecule has 0 bridgehead atoms. The lowest BCUT2D eigenvalue weighted by Crippen LogP contribution is -2.30. The maximum absolute atomic E-state index is 13.5. The molecule has 0 saturated carbocycles. The Morgan fingerprint density at radius 3 is 2.47 bits per heavy atom. The number of carbonyl (C=O) groups excluding carboxylic acids is 1. The summed E-state index contributed by atoms with van der Waals surface area (Å²) >= 11 is 0. The number of fused-ring (bicyclic) bond motifs is 1. The van der Waals surface area contributed by atoms with E-state index >= 15 is 0 Å². The van der Waals surface area contributed by atoms with Gasteiger partial charge in [-0.25, -0.2) is 4.39 Å². The van der Waals surface area contributed by atoms with Crippen molar-refractivity contribution in [2.45, 2.75) is 37.4 Å². The van der Waals surface area contributed by atoms with Gasteiger partial charge in [0.2, 0.25) is 5.91 Å². The zero-order valence-electron chi connectivity index (χ0n) is 16.8. The predicted octanol–water partition coefficient (Wildman–Crippen LogP) is 3.51. The third-order valence-electron chi connectivity index (χ3n) is 5.18. The minimum absolute atomic E-state index is 0.123. The van der Waals surface area contributed by atoms with Gasteiger partial charge in [-0.05, 0) is 48.9 Å². The van der Waals surface area contributed by atoms with Crippen LogP contribution < -0.4 is 4.74 Å². The molecule has 0 spiro atoms. The number of rotatable bonds is 6. The zero-order valence-corrected chi connectivity index (χ0v) is 17.6. The van der Waals surface area contributed by atoms with Crippen LogP contribution in [0.5, 0.6) is 5.75 Å². The number of alkyl halides is 2. The summed E-state index contributed by atoms with van der Waals surface area (Å²) in [5.74, 6) is -1.39. The number of nitrogens with zero attached hydrogens (tertiary/aromatic N) is 3. The summed E-state index contributed by atoms with van der Waals surface area (Å²) in [6.07, 6.45) is 1.33. The lowest BCUT2D eigenvalue weighted by molar-refractivity contribution is -0.133. The quantitative estimate of drug-likeness (QED) is 0.557. The van der Waals surface area contributed by atoms with E-state index in [0.29, 0.717) is 16.8 Å². The first-order valence-corrected chi connectivity index (χ1v) is 11.0. The van der Waals surface area contributed by atoms with Gasteiger partial charge in [-0.15, -0.1) is 0 Å². The van der Waals surface area contributed by atoms with Gasteiger partial charge in [-0.1, -0.05) is 12.1 Å². The Labute approximate surface area is 182 Å². The van der Waals surface area contributed by atoms with Gasteiger partial charge in [0.05, 0.1) is 23.1 Å². The average Bonchev–Trinajstić information content (AvgIpc) is 3.32. The number of halogens is 3. The molecule has 0 radical (unpaired) electrons. The van der Waals surface area contributed by atoms with Gasteiger partial charge in [0.15, 0.2) is 0 Å².